The fourth-order valence-electron chi connectivity index (χ4n) is 4.40. The van der Waals surface area contributed by atoms with Crippen LogP contribution in [0.5, 0.6) is 11.5 Å². The van der Waals surface area contributed by atoms with Gasteiger partial charge in [0.15, 0.2) is 11.6 Å². The van der Waals surface area contributed by atoms with Crippen LogP contribution in [0.3, 0.4) is 0 Å². The van der Waals surface area contributed by atoms with Crippen molar-refractivity contribution in [1.29, 1.82) is 0 Å². The summed E-state index contributed by atoms with van der Waals surface area (Å²) in [5.41, 5.74) is 9.27. The Morgan fingerprint density at radius 3 is 2.45 bits per heavy atom. The molecule has 3 heterocycles. The minimum absolute atomic E-state index is 0.146. The Labute approximate surface area is 229 Å². The summed E-state index contributed by atoms with van der Waals surface area (Å²) in [6.45, 7) is 11.7. The third-order valence-corrected chi connectivity index (χ3v) is 7.82. The van der Waals surface area contributed by atoms with E-state index in [1.54, 1.807) is 35.7 Å². The van der Waals surface area contributed by atoms with E-state index in [2.05, 4.69) is 64.1 Å². The number of thiophene rings is 1. The fraction of sp³-hybridized carbons (Fsp3) is 0.367. The molecule has 1 saturated heterocycles. The monoisotopic (exact) mass is 535 g/mol. The second kappa shape index (κ2) is 13.2. The van der Waals surface area contributed by atoms with E-state index in [1.165, 1.54) is 11.6 Å². The second-order valence-electron chi connectivity index (χ2n) is 9.51. The number of anilines is 1. The van der Waals surface area contributed by atoms with Crippen LogP contribution in [0, 0.1) is 5.82 Å². The van der Waals surface area contributed by atoms with E-state index in [-0.39, 0.29) is 5.75 Å². The maximum atomic E-state index is 14.3. The van der Waals surface area contributed by atoms with Gasteiger partial charge in [0.1, 0.15) is 5.75 Å². The SMILES string of the molecule is CC.CN1CCN(CCN(C)Cc2ccc(-c3cc4nccc(Oc5ccc(N)cc5F)c4s3)cc2)CC1. The Morgan fingerprint density at radius 1 is 1.00 bits per heavy atom. The Kier molecular flexibility index (Phi) is 9.69. The van der Waals surface area contributed by atoms with Crippen LogP contribution in [-0.2, 0) is 6.54 Å². The van der Waals surface area contributed by atoms with Gasteiger partial charge >= 0.3 is 0 Å². The van der Waals surface area contributed by atoms with Crippen molar-refractivity contribution < 1.29 is 9.13 Å². The van der Waals surface area contributed by atoms with Crippen LogP contribution in [0.1, 0.15) is 19.4 Å². The van der Waals surface area contributed by atoms with Crippen molar-refractivity contribution in [1.82, 2.24) is 19.7 Å². The largest absolute Gasteiger partial charge is 0.453 e. The van der Waals surface area contributed by atoms with E-state index in [9.17, 15) is 4.39 Å². The van der Waals surface area contributed by atoms with Gasteiger partial charge in [0, 0.05) is 74.7 Å². The fourth-order valence-corrected chi connectivity index (χ4v) is 5.48. The molecule has 2 aromatic carbocycles. The summed E-state index contributed by atoms with van der Waals surface area (Å²) in [5.74, 6) is 0.243. The number of hydrogen-bond donors (Lipinski definition) is 1. The number of rotatable bonds is 8. The molecule has 0 unspecified atom stereocenters. The summed E-state index contributed by atoms with van der Waals surface area (Å²) in [6, 6.07) is 17.0. The first kappa shape index (κ1) is 28.0. The first-order chi connectivity index (χ1) is 18.4. The number of ether oxygens (including phenoxy) is 1. The Bertz CT molecular complexity index is 1320. The minimum atomic E-state index is -0.485. The highest BCUT2D eigenvalue weighted by atomic mass is 32.1. The molecular weight excluding hydrogens is 497 g/mol. The van der Waals surface area contributed by atoms with Crippen LogP contribution in [0.4, 0.5) is 10.1 Å². The number of hydrogen-bond acceptors (Lipinski definition) is 7. The summed E-state index contributed by atoms with van der Waals surface area (Å²) in [6.07, 6.45) is 1.68. The molecule has 1 aliphatic rings. The maximum Gasteiger partial charge on any atom is 0.167 e. The summed E-state index contributed by atoms with van der Waals surface area (Å²) in [4.78, 5) is 12.9. The van der Waals surface area contributed by atoms with Crippen LogP contribution < -0.4 is 10.5 Å². The standard InChI is InChI=1S/C28H32FN5OS.C2H6/c1-32-11-14-34(15-12-32)16-13-33(2)19-20-3-5-21(6-4-20)27-18-24-28(36-27)26(9-10-31-24)35-25-8-7-22(30)17-23(25)29;1-2/h3-10,17-18H,11-16,19,30H2,1-2H3;1-2H3. The highest BCUT2D eigenvalue weighted by Crippen LogP contribution is 2.39. The van der Waals surface area contributed by atoms with Gasteiger partial charge in [-0.15, -0.1) is 11.3 Å². The van der Waals surface area contributed by atoms with Crippen LogP contribution in [0.15, 0.2) is 60.8 Å². The molecule has 1 fully saturated rings. The lowest BCUT2D eigenvalue weighted by molar-refractivity contribution is 0.139. The van der Waals surface area contributed by atoms with Gasteiger partial charge in [-0.25, -0.2) is 4.39 Å². The summed E-state index contributed by atoms with van der Waals surface area (Å²) >= 11 is 1.60. The lowest BCUT2D eigenvalue weighted by Gasteiger charge is -2.33. The predicted molar refractivity (Wildman–Crippen MR) is 158 cm³/mol. The topological polar surface area (TPSA) is 57.9 Å². The van der Waals surface area contributed by atoms with Crippen molar-refractivity contribution in [2.75, 3.05) is 59.1 Å². The van der Waals surface area contributed by atoms with Gasteiger partial charge in [0.2, 0.25) is 0 Å². The molecule has 0 amide bonds. The maximum absolute atomic E-state index is 14.3. The van der Waals surface area contributed by atoms with Crippen molar-refractivity contribution in [3.63, 3.8) is 0 Å². The first-order valence-corrected chi connectivity index (χ1v) is 14.1. The van der Waals surface area contributed by atoms with Gasteiger partial charge in [-0.2, -0.15) is 0 Å². The quantitative estimate of drug-likeness (QED) is 0.272. The molecule has 0 spiro atoms. The van der Waals surface area contributed by atoms with Crippen LogP contribution >= 0.6 is 11.3 Å². The lowest BCUT2D eigenvalue weighted by Crippen LogP contribution is -2.46. The third-order valence-electron chi connectivity index (χ3n) is 6.64. The van der Waals surface area contributed by atoms with E-state index in [4.69, 9.17) is 10.5 Å². The van der Waals surface area contributed by atoms with Gasteiger partial charge in [0.05, 0.1) is 10.2 Å². The smallest absolute Gasteiger partial charge is 0.167 e. The van der Waals surface area contributed by atoms with Gasteiger partial charge in [-0.3, -0.25) is 9.88 Å². The van der Waals surface area contributed by atoms with E-state index in [1.807, 2.05) is 13.8 Å². The molecule has 8 heteroatoms. The van der Waals surface area contributed by atoms with Gasteiger partial charge in [-0.05, 0) is 43.4 Å². The van der Waals surface area contributed by atoms with E-state index in [0.717, 1.165) is 66.5 Å². The van der Waals surface area contributed by atoms with Crippen molar-refractivity contribution in [2.45, 2.75) is 20.4 Å². The van der Waals surface area contributed by atoms with E-state index >= 15 is 0 Å². The number of fused-ring (bicyclic) bond motifs is 1. The molecule has 6 nitrogen and oxygen atoms in total. The third kappa shape index (κ3) is 7.08. The summed E-state index contributed by atoms with van der Waals surface area (Å²) in [7, 11) is 4.38. The number of halogens is 1. The van der Waals surface area contributed by atoms with Crippen molar-refractivity contribution in [3.8, 4) is 21.9 Å². The zero-order chi connectivity index (χ0) is 27.1. The number of nitrogens with zero attached hydrogens (tertiary/aromatic N) is 4. The lowest BCUT2D eigenvalue weighted by atomic mass is 10.1. The second-order valence-corrected chi connectivity index (χ2v) is 10.6. The first-order valence-electron chi connectivity index (χ1n) is 13.2. The molecule has 2 N–H and O–H groups in total. The minimum Gasteiger partial charge on any atom is -0.453 e. The number of likely N-dealkylation sites (N-methyl/N-ethyl adjacent to an activating group) is 2. The Balaban J connectivity index is 0.00000164. The van der Waals surface area contributed by atoms with Crippen molar-refractivity contribution >= 4 is 27.2 Å². The highest BCUT2D eigenvalue weighted by Gasteiger charge is 2.15. The van der Waals surface area contributed by atoms with E-state index in [0.29, 0.717) is 11.4 Å². The normalized spacial score (nSPS) is 14.5. The summed E-state index contributed by atoms with van der Waals surface area (Å²) in [5, 5.41) is 0. The molecule has 2 aromatic heterocycles. The zero-order valence-electron chi connectivity index (χ0n) is 22.8. The number of pyridine rings is 1. The average molecular weight is 536 g/mol. The van der Waals surface area contributed by atoms with Crippen LogP contribution in [0.2, 0.25) is 0 Å². The van der Waals surface area contributed by atoms with Crippen molar-refractivity contribution in [2.24, 2.45) is 0 Å². The van der Waals surface area contributed by atoms with Crippen LogP contribution in [0.25, 0.3) is 20.7 Å². The molecular formula is C30H38FN5OS. The molecule has 5 rings (SSSR count). The van der Waals surface area contributed by atoms with Gasteiger partial charge in [0.25, 0.3) is 0 Å². The molecule has 0 atom stereocenters. The Morgan fingerprint density at radius 2 is 1.74 bits per heavy atom. The molecule has 202 valence electrons. The predicted octanol–water partition coefficient (Wildman–Crippen LogP) is 6.18. The molecule has 1 aliphatic heterocycles. The van der Waals surface area contributed by atoms with Crippen LogP contribution in [-0.4, -0.2) is 73.0 Å². The number of benzene rings is 2. The van der Waals surface area contributed by atoms with Gasteiger partial charge < -0.3 is 20.3 Å². The van der Waals surface area contributed by atoms with Crippen molar-refractivity contribution in [3.05, 3.63) is 72.2 Å². The Hall–Kier alpha value is -3.04. The molecule has 0 bridgehead atoms. The number of aromatic nitrogens is 1. The summed E-state index contributed by atoms with van der Waals surface area (Å²) < 4.78 is 21.0. The van der Waals surface area contributed by atoms with E-state index < -0.39 is 5.82 Å². The molecule has 0 saturated carbocycles. The molecule has 4 aromatic rings. The zero-order valence-corrected chi connectivity index (χ0v) is 23.6. The number of piperazine rings is 1. The molecule has 0 aliphatic carbocycles. The molecule has 38 heavy (non-hydrogen) atoms. The number of nitrogens with two attached hydrogens (primary N) is 1. The average Bonchev–Trinajstić information content (AvgIpc) is 3.37. The van der Waals surface area contributed by atoms with Gasteiger partial charge in [-0.1, -0.05) is 38.1 Å². The highest BCUT2D eigenvalue weighted by molar-refractivity contribution is 7.22. The molecule has 0 radical (unpaired) electrons. The number of nitrogen functional groups attached to an aromatic ring is 1.